The van der Waals surface area contributed by atoms with E-state index in [2.05, 4.69) is 0 Å². The largest absolute Gasteiger partial charge is 0.486 e. The van der Waals surface area contributed by atoms with E-state index in [1.807, 2.05) is 19.9 Å². The molecule has 0 heterocycles. The Morgan fingerprint density at radius 2 is 1.95 bits per heavy atom. The van der Waals surface area contributed by atoms with Gasteiger partial charge in [-0.05, 0) is 49.2 Å². The van der Waals surface area contributed by atoms with Crippen LogP contribution in [-0.4, -0.2) is 5.91 Å². The van der Waals surface area contributed by atoms with Crippen LogP contribution in [-0.2, 0) is 6.61 Å². The molecule has 0 aliphatic heterocycles. The highest BCUT2D eigenvalue weighted by Gasteiger charge is 2.10. The number of nitrogen functional groups attached to an aromatic ring is 1. The number of anilines is 1. The molecule has 0 radical (unpaired) electrons. The summed E-state index contributed by atoms with van der Waals surface area (Å²) >= 11 is 0. The van der Waals surface area contributed by atoms with Crippen LogP contribution < -0.4 is 16.2 Å². The molecule has 2 rings (SSSR count). The number of amides is 1. The number of hydrogen-bond donors (Lipinski definition) is 2. The Morgan fingerprint density at radius 1 is 1.24 bits per heavy atom. The Kier molecular flexibility index (Phi) is 4.12. The highest BCUT2D eigenvalue weighted by molar-refractivity contribution is 5.92. The van der Waals surface area contributed by atoms with Crippen LogP contribution in [0.3, 0.4) is 0 Å². The molecule has 0 aromatic heterocycles. The zero-order valence-electron chi connectivity index (χ0n) is 11.9. The SMILES string of the molecule is Cc1cc(C)c(OCc2cc(C(N)=O)ccc2F)c(N)c1. The maximum Gasteiger partial charge on any atom is 0.248 e. The van der Waals surface area contributed by atoms with E-state index >= 15 is 0 Å². The highest BCUT2D eigenvalue weighted by Crippen LogP contribution is 2.28. The van der Waals surface area contributed by atoms with Gasteiger partial charge in [-0.3, -0.25) is 4.79 Å². The van der Waals surface area contributed by atoms with Crippen LogP contribution in [0.2, 0.25) is 0 Å². The average molecular weight is 288 g/mol. The van der Waals surface area contributed by atoms with Crippen LogP contribution >= 0.6 is 0 Å². The number of primary amides is 1. The van der Waals surface area contributed by atoms with Gasteiger partial charge in [-0.25, -0.2) is 4.39 Å². The first-order valence-corrected chi connectivity index (χ1v) is 6.46. The lowest BCUT2D eigenvalue weighted by molar-refractivity contribution is 0.1000. The van der Waals surface area contributed by atoms with Crippen molar-refractivity contribution in [3.8, 4) is 5.75 Å². The Morgan fingerprint density at radius 3 is 2.57 bits per heavy atom. The van der Waals surface area contributed by atoms with Gasteiger partial charge in [-0.2, -0.15) is 0 Å². The zero-order chi connectivity index (χ0) is 15.6. The van der Waals surface area contributed by atoms with Gasteiger partial charge in [0, 0.05) is 11.1 Å². The number of nitrogens with two attached hydrogens (primary N) is 2. The van der Waals surface area contributed by atoms with E-state index in [-0.39, 0.29) is 17.7 Å². The Balaban J connectivity index is 2.24. The van der Waals surface area contributed by atoms with Gasteiger partial charge in [0.05, 0.1) is 5.69 Å². The van der Waals surface area contributed by atoms with Gasteiger partial charge >= 0.3 is 0 Å². The summed E-state index contributed by atoms with van der Waals surface area (Å²) in [7, 11) is 0. The van der Waals surface area contributed by atoms with Crippen LogP contribution in [0.4, 0.5) is 10.1 Å². The third-order valence-electron chi connectivity index (χ3n) is 3.15. The van der Waals surface area contributed by atoms with Crippen molar-refractivity contribution in [2.45, 2.75) is 20.5 Å². The van der Waals surface area contributed by atoms with Gasteiger partial charge in [-0.15, -0.1) is 0 Å². The molecule has 2 aromatic carbocycles. The summed E-state index contributed by atoms with van der Waals surface area (Å²) in [6.45, 7) is 3.78. The van der Waals surface area contributed by atoms with Crippen molar-refractivity contribution in [3.63, 3.8) is 0 Å². The number of carbonyl (C=O) groups excluding carboxylic acids is 1. The number of rotatable bonds is 4. The average Bonchev–Trinajstić information content (AvgIpc) is 2.39. The minimum absolute atomic E-state index is 0.0267. The van der Waals surface area contributed by atoms with Gasteiger partial charge < -0.3 is 16.2 Å². The first-order valence-electron chi connectivity index (χ1n) is 6.46. The van der Waals surface area contributed by atoms with E-state index in [1.54, 1.807) is 6.07 Å². The minimum atomic E-state index is -0.609. The van der Waals surface area contributed by atoms with Crippen molar-refractivity contribution in [1.82, 2.24) is 0 Å². The zero-order valence-corrected chi connectivity index (χ0v) is 11.9. The summed E-state index contributed by atoms with van der Waals surface area (Å²) in [5, 5.41) is 0. The molecule has 0 bridgehead atoms. The molecule has 5 heteroatoms. The monoisotopic (exact) mass is 288 g/mol. The molecule has 0 unspecified atom stereocenters. The van der Waals surface area contributed by atoms with Crippen molar-refractivity contribution < 1.29 is 13.9 Å². The van der Waals surface area contributed by atoms with Crippen molar-refractivity contribution in [2.75, 3.05) is 5.73 Å². The van der Waals surface area contributed by atoms with E-state index < -0.39 is 11.7 Å². The Labute approximate surface area is 122 Å². The number of hydrogen-bond acceptors (Lipinski definition) is 3. The normalized spacial score (nSPS) is 10.4. The summed E-state index contributed by atoms with van der Waals surface area (Å²) in [6.07, 6.45) is 0. The van der Waals surface area contributed by atoms with Gasteiger partial charge in [0.2, 0.25) is 5.91 Å². The molecule has 0 aliphatic carbocycles. The summed E-state index contributed by atoms with van der Waals surface area (Å²) < 4.78 is 19.3. The van der Waals surface area contributed by atoms with Crippen LogP contribution in [0.25, 0.3) is 0 Å². The lowest BCUT2D eigenvalue weighted by Crippen LogP contribution is -2.12. The van der Waals surface area contributed by atoms with Crippen molar-refractivity contribution >= 4 is 11.6 Å². The summed E-state index contributed by atoms with van der Waals surface area (Å²) in [5.74, 6) is -0.546. The van der Waals surface area contributed by atoms with E-state index in [0.29, 0.717) is 11.4 Å². The third kappa shape index (κ3) is 3.31. The summed E-state index contributed by atoms with van der Waals surface area (Å²) in [5.41, 5.74) is 14.0. The maximum atomic E-state index is 13.7. The number of halogens is 1. The molecule has 0 saturated heterocycles. The second-order valence-electron chi connectivity index (χ2n) is 4.96. The molecule has 0 atom stereocenters. The van der Waals surface area contributed by atoms with Crippen molar-refractivity contribution in [1.29, 1.82) is 0 Å². The molecule has 4 nitrogen and oxygen atoms in total. The third-order valence-corrected chi connectivity index (χ3v) is 3.15. The molecule has 4 N–H and O–H groups in total. The number of benzene rings is 2. The van der Waals surface area contributed by atoms with Crippen molar-refractivity contribution in [2.24, 2.45) is 5.73 Å². The second-order valence-corrected chi connectivity index (χ2v) is 4.96. The van der Waals surface area contributed by atoms with Gasteiger partial charge in [0.1, 0.15) is 18.2 Å². The van der Waals surface area contributed by atoms with Crippen LogP contribution in [0.5, 0.6) is 5.75 Å². The summed E-state index contributed by atoms with van der Waals surface area (Å²) in [4.78, 5) is 11.1. The molecule has 0 aliphatic rings. The lowest BCUT2D eigenvalue weighted by atomic mass is 10.1. The van der Waals surface area contributed by atoms with Gasteiger partial charge in [-0.1, -0.05) is 6.07 Å². The van der Waals surface area contributed by atoms with Crippen LogP contribution in [0.1, 0.15) is 27.0 Å². The minimum Gasteiger partial charge on any atom is -0.486 e. The Hall–Kier alpha value is -2.56. The molecule has 2 aromatic rings. The highest BCUT2D eigenvalue weighted by atomic mass is 19.1. The molecule has 0 spiro atoms. The fraction of sp³-hybridized carbons (Fsp3) is 0.188. The number of ether oxygens (including phenoxy) is 1. The molecular weight excluding hydrogens is 271 g/mol. The van der Waals surface area contributed by atoms with Gasteiger partial charge in [0.15, 0.2) is 0 Å². The standard InChI is InChI=1S/C16H17FN2O2/c1-9-5-10(2)15(14(18)6-9)21-8-12-7-11(16(19)20)3-4-13(12)17/h3-7H,8,18H2,1-2H3,(H2,19,20). The first-order chi connectivity index (χ1) is 9.88. The smallest absolute Gasteiger partial charge is 0.248 e. The maximum absolute atomic E-state index is 13.7. The summed E-state index contributed by atoms with van der Waals surface area (Å²) in [6, 6.07) is 7.65. The fourth-order valence-corrected chi connectivity index (χ4v) is 2.17. The van der Waals surface area contributed by atoms with Gasteiger partial charge in [0.25, 0.3) is 0 Å². The van der Waals surface area contributed by atoms with E-state index in [1.165, 1.54) is 18.2 Å². The first kappa shape index (κ1) is 14.8. The quantitative estimate of drug-likeness (QED) is 0.849. The van der Waals surface area contributed by atoms with Crippen LogP contribution in [0.15, 0.2) is 30.3 Å². The topological polar surface area (TPSA) is 78.3 Å². The Bertz CT molecular complexity index is 676. The second kappa shape index (κ2) is 5.83. The predicted octanol–water partition coefficient (Wildman–Crippen LogP) is 2.70. The molecule has 0 fully saturated rings. The van der Waals surface area contributed by atoms with E-state index in [0.717, 1.165) is 11.1 Å². The van der Waals surface area contributed by atoms with E-state index in [9.17, 15) is 9.18 Å². The molecule has 0 saturated carbocycles. The van der Waals surface area contributed by atoms with Crippen LogP contribution in [0, 0.1) is 19.7 Å². The molecule has 1 amide bonds. The lowest BCUT2D eigenvalue weighted by Gasteiger charge is -2.13. The number of aryl methyl sites for hydroxylation is 2. The van der Waals surface area contributed by atoms with E-state index in [4.69, 9.17) is 16.2 Å². The molecule has 110 valence electrons. The molecular formula is C16H17FN2O2. The fourth-order valence-electron chi connectivity index (χ4n) is 2.17. The molecule has 21 heavy (non-hydrogen) atoms. The predicted molar refractivity (Wildman–Crippen MR) is 79.6 cm³/mol. The van der Waals surface area contributed by atoms with Crippen molar-refractivity contribution in [3.05, 3.63) is 58.4 Å². The number of carbonyl (C=O) groups is 1.